The monoisotopic (exact) mass is 88.1 g/mol. The number of imidazole rings is 1. The van der Waals surface area contributed by atoms with Crippen molar-refractivity contribution >= 4 is 0 Å². The van der Waals surface area contributed by atoms with Gasteiger partial charge in [-0.05, 0) is 0 Å². The zero-order chi connectivity index (χ0) is 7.02. The van der Waals surface area contributed by atoms with Crippen LogP contribution in [0.2, 0.25) is 0 Å². The Kier molecular flexibility index (Phi) is 0.257. The van der Waals surface area contributed by atoms with E-state index in [1.165, 1.54) is 11.6 Å². The van der Waals surface area contributed by atoms with Crippen LogP contribution in [0.5, 0.6) is 0 Å². The van der Waals surface area contributed by atoms with Crippen molar-refractivity contribution in [1.29, 1.82) is 0 Å². The van der Waals surface area contributed by atoms with Crippen molar-refractivity contribution in [2.24, 2.45) is 7.05 Å². The molecule has 2 heteroatoms. The maximum Gasteiger partial charge on any atom is 0.104 e. The van der Waals surface area contributed by atoms with Gasteiger partial charge in [-0.25, -0.2) is 4.98 Å². The first-order valence-corrected chi connectivity index (χ1v) is 1.59. The molecule has 0 saturated heterocycles. The molecule has 0 radical (unpaired) electrons. The fourth-order valence-electron chi connectivity index (χ4n) is 0.225. The van der Waals surface area contributed by atoms with Gasteiger partial charge in [0.1, 0.15) is 1.37 Å². The van der Waals surface area contributed by atoms with Crippen LogP contribution < -0.4 is 0 Å². The third-order valence-electron chi connectivity index (χ3n) is 0.474. The summed E-state index contributed by atoms with van der Waals surface area (Å²) in [4.78, 5) is 3.42. The predicted octanol–water partition coefficient (Wildman–Crippen LogP) is 0.420. The maximum atomic E-state index is 7.06. The topological polar surface area (TPSA) is 17.8 Å². The van der Waals surface area contributed by atoms with Gasteiger partial charge < -0.3 is 4.57 Å². The second-order valence-electron chi connectivity index (χ2n) is 0.994. The molecule has 0 aliphatic rings. The van der Waals surface area contributed by atoms with E-state index in [0.717, 1.165) is 0 Å². The Bertz CT molecular complexity index is 207. The second kappa shape index (κ2) is 1.12. The Hall–Kier alpha value is -0.790. The molecule has 0 saturated carbocycles. The lowest BCUT2D eigenvalue weighted by molar-refractivity contribution is 0.913. The molecule has 0 aliphatic carbocycles. The normalized spacial score (nSPS) is 15.8. The van der Waals surface area contributed by atoms with Crippen LogP contribution in [0.1, 0.15) is 4.11 Å². The third-order valence-corrected chi connectivity index (χ3v) is 0.474. The molecule has 1 aromatic rings. The zero-order valence-corrected chi connectivity index (χ0v) is 3.39. The van der Waals surface area contributed by atoms with Crippen LogP contribution in [-0.2, 0) is 7.05 Å². The minimum Gasteiger partial charge on any atom is -0.341 e. The Morgan fingerprint density at radius 2 is 2.83 bits per heavy atom. The number of hydrogen-bond donors (Lipinski definition) is 0. The summed E-state index contributed by atoms with van der Waals surface area (Å²) in [5.74, 6) is 0. The van der Waals surface area contributed by atoms with Gasteiger partial charge >= 0.3 is 0 Å². The molecule has 0 N–H and O–H groups in total. The molecule has 0 bridgehead atoms. The van der Waals surface area contributed by atoms with E-state index in [2.05, 4.69) is 4.98 Å². The number of hydrogen-bond acceptors (Lipinski definition) is 1. The lowest BCUT2D eigenvalue weighted by Crippen LogP contribution is -1.76. The van der Waals surface area contributed by atoms with Gasteiger partial charge in [0.05, 0.1) is 9.04 Å². The lowest BCUT2D eigenvalue weighted by atomic mass is 10.9. The van der Waals surface area contributed by atoms with Crippen LogP contribution in [-0.4, -0.2) is 9.55 Å². The smallest absolute Gasteiger partial charge is 0.104 e. The quantitative estimate of drug-likeness (QED) is 0.449. The molecule has 0 amide bonds. The average Bonchev–Trinajstić information content (AvgIpc) is 1.98. The van der Waals surface area contributed by atoms with E-state index >= 15 is 0 Å². The van der Waals surface area contributed by atoms with Crippen LogP contribution in [0.25, 0.3) is 0 Å². The summed E-state index contributed by atoms with van der Waals surface area (Å²) in [7, 11) is 1.54. The summed E-state index contributed by atoms with van der Waals surface area (Å²) in [6, 6.07) is 0. The van der Waals surface area contributed by atoms with Crippen molar-refractivity contribution in [2.75, 3.05) is 0 Å². The summed E-state index contributed by atoms with van der Waals surface area (Å²) < 4.78 is 22.2. The van der Waals surface area contributed by atoms with Gasteiger partial charge in [0.25, 0.3) is 0 Å². The van der Waals surface area contributed by atoms with E-state index in [0.29, 0.717) is 0 Å². The highest BCUT2D eigenvalue weighted by Gasteiger charge is 1.69. The summed E-state index contributed by atoms with van der Waals surface area (Å²) in [5.41, 5.74) is 0. The number of aromatic nitrogens is 2. The van der Waals surface area contributed by atoms with Gasteiger partial charge in [-0.15, -0.1) is 0 Å². The molecule has 1 aromatic heterocycles. The van der Waals surface area contributed by atoms with E-state index in [9.17, 15) is 0 Å². The molecule has 0 fully saturated rings. The summed E-state index contributed by atoms with van der Waals surface area (Å²) >= 11 is 0. The van der Waals surface area contributed by atoms with E-state index in [4.69, 9.17) is 4.11 Å². The lowest BCUT2D eigenvalue weighted by Gasteiger charge is -1.76. The van der Waals surface area contributed by atoms with Gasteiger partial charge in [-0.1, -0.05) is 0 Å². The molecule has 0 atom stereocenters. The van der Waals surface area contributed by atoms with Crippen LogP contribution in [0.15, 0.2) is 18.6 Å². The zero-order valence-electron chi connectivity index (χ0n) is 6.39. The van der Waals surface area contributed by atoms with E-state index in [1.54, 1.807) is 0 Å². The molecular formula is C4H6N2. The Morgan fingerprint density at radius 3 is 3.00 bits per heavy atom. The maximum absolute atomic E-state index is 7.06. The first-order valence-electron chi connectivity index (χ1n) is 3.09. The van der Waals surface area contributed by atoms with Gasteiger partial charge in [0.15, 0.2) is 0 Å². The van der Waals surface area contributed by atoms with Crippen molar-refractivity contribution in [3.8, 4) is 0 Å². The van der Waals surface area contributed by atoms with Crippen molar-refractivity contribution in [3.63, 3.8) is 0 Å². The minimum absolute atomic E-state index is 0.0139. The molecule has 1 rings (SSSR count). The molecule has 1 heterocycles. The minimum atomic E-state index is -0.137. The van der Waals surface area contributed by atoms with Gasteiger partial charge in [-0.3, -0.25) is 0 Å². The summed E-state index contributed by atoms with van der Waals surface area (Å²) in [6.07, 6.45) is -0.187. The Morgan fingerprint density at radius 1 is 2.00 bits per heavy atom. The molecular weight excluding hydrogens is 76.1 g/mol. The molecule has 6 heavy (non-hydrogen) atoms. The van der Waals surface area contributed by atoms with Crippen molar-refractivity contribution < 1.29 is 4.11 Å². The molecule has 0 aromatic carbocycles. The highest BCUT2D eigenvalue weighted by molar-refractivity contribution is 4.70. The van der Waals surface area contributed by atoms with Gasteiger partial charge in [-0.2, -0.15) is 0 Å². The number of rotatable bonds is 0. The van der Waals surface area contributed by atoms with Crippen molar-refractivity contribution in [3.05, 3.63) is 18.6 Å². The first kappa shape index (κ1) is 1.37. The summed E-state index contributed by atoms with van der Waals surface area (Å²) in [5, 5.41) is 0. The average molecular weight is 88.1 g/mol. The van der Waals surface area contributed by atoms with E-state index in [1.807, 2.05) is 0 Å². The second-order valence-corrected chi connectivity index (χ2v) is 0.994. The summed E-state index contributed by atoms with van der Waals surface area (Å²) in [6.45, 7) is 0. The fourth-order valence-corrected chi connectivity index (χ4v) is 0.225. The van der Waals surface area contributed by atoms with Crippen LogP contribution in [0.4, 0.5) is 0 Å². The standard InChI is InChI=1S/C4H6N2/c1-6-3-2-5-4-6/h2-4H,1H3/i2T,3T,4T. The van der Waals surface area contributed by atoms with E-state index in [-0.39, 0.29) is 18.6 Å². The first-order chi connectivity index (χ1) is 4.13. The molecule has 0 unspecified atom stereocenters. The van der Waals surface area contributed by atoms with Crippen molar-refractivity contribution in [1.82, 2.24) is 9.55 Å². The van der Waals surface area contributed by atoms with Crippen LogP contribution in [0.3, 0.4) is 0 Å². The van der Waals surface area contributed by atoms with Crippen molar-refractivity contribution in [2.45, 2.75) is 0 Å². The fraction of sp³-hybridized carbons (Fsp3) is 0.250. The van der Waals surface area contributed by atoms with E-state index < -0.39 is 0 Å². The van der Waals surface area contributed by atoms with Crippen LogP contribution >= 0.6 is 0 Å². The molecule has 2 nitrogen and oxygen atoms in total. The Balaban J connectivity index is 3.29. The highest BCUT2D eigenvalue weighted by Crippen LogP contribution is 1.73. The molecule has 0 aliphatic heterocycles. The SMILES string of the molecule is [3H]c1nc([3H])n(C)c1[3H]. The molecule has 32 valence electrons. The van der Waals surface area contributed by atoms with Gasteiger partial charge in [0.2, 0.25) is 0 Å². The molecule has 0 spiro atoms. The van der Waals surface area contributed by atoms with Gasteiger partial charge in [0, 0.05) is 19.4 Å². The third kappa shape index (κ3) is 0.407. The van der Waals surface area contributed by atoms with Crippen LogP contribution in [0, 0.1) is 0 Å². The highest BCUT2D eigenvalue weighted by atomic mass is 15.0. The Labute approximate surface area is 40.7 Å². The number of nitrogens with zero attached hydrogens (tertiary/aromatic N) is 2. The largest absolute Gasteiger partial charge is 0.341 e. The predicted molar refractivity (Wildman–Crippen MR) is 23.2 cm³/mol.